The molecule has 1 aliphatic heterocycles. The van der Waals surface area contributed by atoms with Crippen LogP contribution in [-0.2, 0) is 9.53 Å². The molecule has 98 valence electrons. The van der Waals surface area contributed by atoms with Crippen molar-refractivity contribution in [3.63, 3.8) is 0 Å². The van der Waals surface area contributed by atoms with Crippen LogP contribution in [-0.4, -0.2) is 37.2 Å². The van der Waals surface area contributed by atoms with Crippen molar-refractivity contribution in [3.05, 3.63) is 0 Å². The molecule has 4 heteroatoms. The molecule has 2 aliphatic rings. The van der Waals surface area contributed by atoms with Gasteiger partial charge in [0.2, 0.25) is 5.91 Å². The highest BCUT2D eigenvalue weighted by atomic mass is 16.5. The third-order valence-electron chi connectivity index (χ3n) is 3.80. The molecule has 0 bridgehead atoms. The van der Waals surface area contributed by atoms with Crippen molar-refractivity contribution in [2.45, 2.75) is 63.6 Å². The molecule has 17 heavy (non-hydrogen) atoms. The molecule has 0 spiro atoms. The van der Waals surface area contributed by atoms with Gasteiger partial charge in [-0.3, -0.25) is 4.79 Å². The number of amides is 1. The summed E-state index contributed by atoms with van der Waals surface area (Å²) < 4.78 is 5.50. The number of hydrogen-bond acceptors (Lipinski definition) is 3. The van der Waals surface area contributed by atoms with E-state index in [-0.39, 0.29) is 18.1 Å². The second-order valence-electron chi connectivity index (χ2n) is 5.20. The summed E-state index contributed by atoms with van der Waals surface area (Å²) in [6, 6.07) is 0.202. The van der Waals surface area contributed by atoms with Gasteiger partial charge in [0.15, 0.2) is 0 Å². The van der Waals surface area contributed by atoms with Crippen molar-refractivity contribution in [2.75, 3.05) is 13.2 Å². The van der Waals surface area contributed by atoms with Crippen molar-refractivity contribution >= 4 is 5.91 Å². The summed E-state index contributed by atoms with van der Waals surface area (Å²) in [7, 11) is 0. The molecule has 2 rings (SSSR count). The lowest BCUT2D eigenvalue weighted by Gasteiger charge is -2.30. The van der Waals surface area contributed by atoms with Gasteiger partial charge < -0.3 is 15.4 Å². The molecule has 4 nitrogen and oxygen atoms in total. The summed E-state index contributed by atoms with van der Waals surface area (Å²) in [4.78, 5) is 12.1. The predicted octanol–water partition coefficient (Wildman–Crippen LogP) is 1.20. The minimum absolute atomic E-state index is 0.0190. The van der Waals surface area contributed by atoms with E-state index < -0.39 is 0 Å². The van der Waals surface area contributed by atoms with Crippen LogP contribution in [0.2, 0.25) is 0 Å². The maximum atomic E-state index is 12.1. The highest BCUT2D eigenvalue weighted by molar-refractivity contribution is 5.82. The van der Waals surface area contributed by atoms with Gasteiger partial charge in [0.25, 0.3) is 0 Å². The fraction of sp³-hybridized carbons (Fsp3) is 0.923. The highest BCUT2D eigenvalue weighted by Crippen LogP contribution is 2.17. The van der Waals surface area contributed by atoms with Gasteiger partial charge in [0.1, 0.15) is 6.04 Å². The van der Waals surface area contributed by atoms with Gasteiger partial charge in [-0.25, -0.2) is 0 Å². The van der Waals surface area contributed by atoms with Crippen LogP contribution in [0.3, 0.4) is 0 Å². The molecule has 1 heterocycles. The summed E-state index contributed by atoms with van der Waals surface area (Å²) >= 11 is 0. The van der Waals surface area contributed by atoms with Crippen LogP contribution >= 0.6 is 0 Å². The molecular weight excluding hydrogens is 216 g/mol. The Morgan fingerprint density at radius 1 is 1.24 bits per heavy atom. The minimum atomic E-state index is -0.174. The topological polar surface area (TPSA) is 50.4 Å². The molecule has 2 N–H and O–H groups in total. The Morgan fingerprint density at radius 3 is 2.59 bits per heavy atom. The standard InChI is InChI=1S/C13H24N2O2/c1-10-12(14-8-9-17-10)13(16)15-11-6-4-2-3-5-7-11/h10-12,14H,2-9H2,1H3,(H,15,16)/t10-,12+/m1/s1. The Morgan fingerprint density at radius 2 is 1.94 bits per heavy atom. The first-order valence-corrected chi connectivity index (χ1v) is 6.93. The second kappa shape index (κ2) is 6.36. The molecular formula is C13H24N2O2. The summed E-state index contributed by atoms with van der Waals surface area (Å²) in [5.41, 5.74) is 0. The molecule has 1 saturated carbocycles. The van der Waals surface area contributed by atoms with Gasteiger partial charge in [-0.2, -0.15) is 0 Å². The van der Waals surface area contributed by atoms with Crippen LogP contribution in [0, 0.1) is 0 Å². The molecule has 0 unspecified atom stereocenters. The van der Waals surface area contributed by atoms with Gasteiger partial charge in [0, 0.05) is 12.6 Å². The largest absolute Gasteiger partial charge is 0.375 e. The van der Waals surface area contributed by atoms with E-state index in [1.165, 1.54) is 25.7 Å². The lowest BCUT2D eigenvalue weighted by atomic mass is 10.1. The van der Waals surface area contributed by atoms with Crippen LogP contribution in [0.25, 0.3) is 0 Å². The molecule has 0 radical (unpaired) electrons. The molecule has 0 aromatic rings. The Kier molecular flexibility index (Phi) is 4.80. The zero-order valence-corrected chi connectivity index (χ0v) is 10.7. The maximum Gasteiger partial charge on any atom is 0.240 e. The molecule has 1 saturated heterocycles. The van der Waals surface area contributed by atoms with E-state index in [4.69, 9.17) is 4.74 Å². The summed E-state index contributed by atoms with van der Waals surface area (Å²) in [6.45, 7) is 3.44. The van der Waals surface area contributed by atoms with Crippen LogP contribution in [0.15, 0.2) is 0 Å². The highest BCUT2D eigenvalue weighted by Gasteiger charge is 2.29. The third kappa shape index (κ3) is 3.68. The van der Waals surface area contributed by atoms with Crippen molar-refractivity contribution in [2.24, 2.45) is 0 Å². The van der Waals surface area contributed by atoms with E-state index in [0.717, 1.165) is 19.4 Å². The van der Waals surface area contributed by atoms with Gasteiger partial charge in [-0.15, -0.1) is 0 Å². The monoisotopic (exact) mass is 240 g/mol. The van der Waals surface area contributed by atoms with Crippen LogP contribution < -0.4 is 10.6 Å². The van der Waals surface area contributed by atoms with Crippen LogP contribution in [0.1, 0.15) is 45.4 Å². The van der Waals surface area contributed by atoms with E-state index in [0.29, 0.717) is 12.6 Å². The van der Waals surface area contributed by atoms with Gasteiger partial charge >= 0.3 is 0 Å². The number of carbonyl (C=O) groups excluding carboxylic acids is 1. The average molecular weight is 240 g/mol. The minimum Gasteiger partial charge on any atom is -0.375 e. The maximum absolute atomic E-state index is 12.1. The van der Waals surface area contributed by atoms with Crippen molar-refractivity contribution < 1.29 is 9.53 Å². The quantitative estimate of drug-likeness (QED) is 0.713. The molecule has 2 atom stereocenters. The van der Waals surface area contributed by atoms with Crippen molar-refractivity contribution in [1.82, 2.24) is 10.6 Å². The van der Waals surface area contributed by atoms with E-state index in [2.05, 4.69) is 10.6 Å². The fourth-order valence-corrected chi connectivity index (χ4v) is 2.74. The van der Waals surface area contributed by atoms with E-state index in [1.807, 2.05) is 6.92 Å². The van der Waals surface area contributed by atoms with Gasteiger partial charge in [0.05, 0.1) is 12.7 Å². The van der Waals surface area contributed by atoms with Crippen molar-refractivity contribution in [3.8, 4) is 0 Å². The van der Waals surface area contributed by atoms with Crippen LogP contribution in [0.4, 0.5) is 0 Å². The first kappa shape index (κ1) is 12.8. The van der Waals surface area contributed by atoms with E-state index in [9.17, 15) is 4.79 Å². The normalized spacial score (nSPS) is 31.8. The molecule has 1 amide bonds. The number of hydrogen-bond donors (Lipinski definition) is 2. The summed E-state index contributed by atoms with van der Waals surface area (Å²) in [5.74, 6) is 0.115. The SMILES string of the molecule is C[C@H]1OCCN[C@@H]1C(=O)NC1CCCCCC1. The molecule has 2 fully saturated rings. The number of carbonyl (C=O) groups is 1. The molecule has 0 aromatic heterocycles. The summed E-state index contributed by atoms with van der Waals surface area (Å²) in [5, 5.41) is 6.41. The van der Waals surface area contributed by atoms with E-state index >= 15 is 0 Å². The first-order valence-electron chi connectivity index (χ1n) is 6.93. The van der Waals surface area contributed by atoms with Crippen molar-refractivity contribution in [1.29, 1.82) is 0 Å². The number of rotatable bonds is 2. The lowest BCUT2D eigenvalue weighted by molar-refractivity contribution is -0.129. The Balaban J connectivity index is 1.82. The van der Waals surface area contributed by atoms with Gasteiger partial charge in [-0.05, 0) is 19.8 Å². The van der Waals surface area contributed by atoms with Crippen LogP contribution in [0.5, 0.6) is 0 Å². The fourth-order valence-electron chi connectivity index (χ4n) is 2.74. The number of ether oxygens (including phenoxy) is 1. The summed E-state index contributed by atoms with van der Waals surface area (Å²) in [6.07, 6.45) is 7.36. The Hall–Kier alpha value is -0.610. The molecule has 0 aromatic carbocycles. The zero-order valence-electron chi connectivity index (χ0n) is 10.7. The van der Waals surface area contributed by atoms with E-state index in [1.54, 1.807) is 0 Å². The number of morpholine rings is 1. The zero-order chi connectivity index (χ0) is 12.1. The Labute approximate surface area is 103 Å². The molecule has 1 aliphatic carbocycles. The lowest BCUT2D eigenvalue weighted by Crippen LogP contribution is -2.57. The predicted molar refractivity (Wildman–Crippen MR) is 66.8 cm³/mol. The average Bonchev–Trinajstić information content (AvgIpc) is 2.58. The second-order valence-corrected chi connectivity index (χ2v) is 5.20. The third-order valence-corrected chi connectivity index (χ3v) is 3.80. The Bertz CT molecular complexity index is 250. The van der Waals surface area contributed by atoms with Gasteiger partial charge in [-0.1, -0.05) is 25.7 Å². The smallest absolute Gasteiger partial charge is 0.240 e. The number of nitrogens with one attached hydrogen (secondary N) is 2. The first-order chi connectivity index (χ1) is 8.27.